The van der Waals surface area contributed by atoms with Gasteiger partial charge in [0, 0.05) is 6.07 Å². The van der Waals surface area contributed by atoms with Gasteiger partial charge in [-0.25, -0.2) is 4.68 Å². The molecule has 28 heavy (non-hydrogen) atoms. The number of nitrogens with zero attached hydrogens (tertiary/aromatic N) is 2. The lowest BCUT2D eigenvalue weighted by molar-refractivity contribution is -0.122. The van der Waals surface area contributed by atoms with Crippen molar-refractivity contribution in [1.82, 2.24) is 9.78 Å². The molecule has 1 N–H and O–H groups in total. The summed E-state index contributed by atoms with van der Waals surface area (Å²) in [6.45, 7) is 8.82. The highest BCUT2D eigenvalue weighted by atomic mass is 16.5. The van der Waals surface area contributed by atoms with Crippen LogP contribution in [0.15, 0.2) is 66.9 Å². The van der Waals surface area contributed by atoms with Gasteiger partial charge in [-0.15, -0.1) is 0 Å². The van der Waals surface area contributed by atoms with Gasteiger partial charge in [-0.2, -0.15) is 5.10 Å². The second-order valence-electron chi connectivity index (χ2n) is 7.88. The summed E-state index contributed by atoms with van der Waals surface area (Å²) in [4.78, 5) is 12.6. The van der Waals surface area contributed by atoms with Crippen LogP contribution in [-0.4, -0.2) is 21.8 Å². The minimum Gasteiger partial charge on any atom is -0.481 e. The summed E-state index contributed by atoms with van der Waals surface area (Å²) in [7, 11) is 0. The van der Waals surface area contributed by atoms with Crippen molar-refractivity contribution in [2.24, 2.45) is 0 Å². The Morgan fingerprint density at radius 3 is 2.39 bits per heavy atom. The van der Waals surface area contributed by atoms with Gasteiger partial charge in [0.1, 0.15) is 11.6 Å². The standard InChI is InChI=1S/C23H27N3O2/c1-17(28-20-12-10-19(11-13-20)23(2,3)4)22(27)25-21-14-15-24-26(21)16-18-8-6-5-7-9-18/h5-15,17H,16H2,1-4H3,(H,25,27). The molecule has 1 aromatic heterocycles. The molecule has 5 nitrogen and oxygen atoms in total. The number of amides is 1. The third-order valence-electron chi connectivity index (χ3n) is 4.55. The summed E-state index contributed by atoms with van der Waals surface area (Å²) in [5.41, 5.74) is 2.42. The summed E-state index contributed by atoms with van der Waals surface area (Å²) >= 11 is 0. The predicted octanol–water partition coefficient (Wildman–Crippen LogP) is 4.63. The molecular weight excluding hydrogens is 350 g/mol. The topological polar surface area (TPSA) is 56.1 Å². The van der Waals surface area contributed by atoms with Crippen LogP contribution in [0.4, 0.5) is 5.82 Å². The van der Waals surface area contributed by atoms with E-state index in [1.165, 1.54) is 5.56 Å². The number of carbonyl (C=O) groups excluding carboxylic acids is 1. The number of hydrogen-bond acceptors (Lipinski definition) is 3. The number of anilines is 1. The van der Waals surface area contributed by atoms with Crippen LogP contribution in [0.3, 0.4) is 0 Å². The Hall–Kier alpha value is -3.08. The van der Waals surface area contributed by atoms with E-state index in [2.05, 4.69) is 31.2 Å². The lowest BCUT2D eigenvalue weighted by atomic mass is 9.87. The summed E-state index contributed by atoms with van der Waals surface area (Å²) < 4.78 is 7.57. The Morgan fingerprint density at radius 1 is 1.07 bits per heavy atom. The van der Waals surface area contributed by atoms with Gasteiger partial charge in [0.25, 0.3) is 5.91 Å². The van der Waals surface area contributed by atoms with Crippen molar-refractivity contribution in [3.8, 4) is 5.75 Å². The van der Waals surface area contributed by atoms with Crippen molar-refractivity contribution in [1.29, 1.82) is 0 Å². The first-order chi connectivity index (χ1) is 13.3. The van der Waals surface area contributed by atoms with E-state index in [0.29, 0.717) is 18.1 Å². The van der Waals surface area contributed by atoms with Crippen LogP contribution in [0.25, 0.3) is 0 Å². The van der Waals surface area contributed by atoms with Gasteiger partial charge in [0.15, 0.2) is 6.10 Å². The normalized spacial score (nSPS) is 12.4. The van der Waals surface area contributed by atoms with Crippen LogP contribution in [-0.2, 0) is 16.8 Å². The van der Waals surface area contributed by atoms with Gasteiger partial charge in [-0.3, -0.25) is 4.79 Å². The van der Waals surface area contributed by atoms with Crippen molar-refractivity contribution in [2.75, 3.05) is 5.32 Å². The van der Waals surface area contributed by atoms with Crippen LogP contribution in [0.5, 0.6) is 5.75 Å². The number of rotatable bonds is 6. The van der Waals surface area contributed by atoms with Gasteiger partial charge in [-0.1, -0.05) is 63.2 Å². The average molecular weight is 377 g/mol. The number of hydrogen-bond donors (Lipinski definition) is 1. The predicted molar refractivity (Wildman–Crippen MR) is 112 cm³/mol. The molecule has 1 heterocycles. The molecule has 0 aliphatic rings. The van der Waals surface area contributed by atoms with E-state index in [0.717, 1.165) is 5.56 Å². The van der Waals surface area contributed by atoms with Gasteiger partial charge in [0.05, 0.1) is 12.7 Å². The second-order valence-corrected chi connectivity index (χ2v) is 7.88. The Morgan fingerprint density at radius 2 is 1.75 bits per heavy atom. The number of ether oxygens (including phenoxy) is 1. The van der Waals surface area contributed by atoms with Crippen molar-refractivity contribution >= 4 is 11.7 Å². The molecule has 146 valence electrons. The molecule has 1 unspecified atom stereocenters. The molecule has 5 heteroatoms. The van der Waals surface area contributed by atoms with E-state index in [1.807, 2.05) is 54.6 Å². The monoisotopic (exact) mass is 377 g/mol. The number of benzene rings is 2. The summed E-state index contributed by atoms with van der Waals surface area (Å²) in [6, 6.07) is 19.7. The van der Waals surface area contributed by atoms with Crippen molar-refractivity contribution in [2.45, 2.75) is 45.8 Å². The van der Waals surface area contributed by atoms with E-state index in [1.54, 1.807) is 23.9 Å². The first kappa shape index (κ1) is 19.7. The Balaban J connectivity index is 1.61. The highest BCUT2D eigenvalue weighted by Gasteiger charge is 2.18. The molecule has 0 fully saturated rings. The van der Waals surface area contributed by atoms with Gasteiger partial charge >= 0.3 is 0 Å². The van der Waals surface area contributed by atoms with Gasteiger partial charge in [-0.05, 0) is 35.6 Å². The Labute approximate surface area is 166 Å². The maximum absolute atomic E-state index is 12.6. The Bertz CT molecular complexity index is 909. The SMILES string of the molecule is CC(Oc1ccc(C(C)(C)C)cc1)C(=O)Nc1ccnn1Cc1ccccc1. The smallest absolute Gasteiger partial charge is 0.266 e. The summed E-state index contributed by atoms with van der Waals surface area (Å²) in [5, 5.41) is 7.20. The van der Waals surface area contributed by atoms with Crippen LogP contribution in [0.2, 0.25) is 0 Å². The average Bonchev–Trinajstić information content (AvgIpc) is 3.09. The molecule has 1 atom stereocenters. The van der Waals surface area contributed by atoms with E-state index < -0.39 is 6.10 Å². The van der Waals surface area contributed by atoms with E-state index in [-0.39, 0.29) is 11.3 Å². The fraction of sp³-hybridized carbons (Fsp3) is 0.304. The quantitative estimate of drug-likeness (QED) is 0.681. The number of nitrogens with one attached hydrogen (secondary N) is 1. The molecule has 0 aliphatic carbocycles. The van der Waals surface area contributed by atoms with E-state index in [4.69, 9.17) is 4.74 Å². The summed E-state index contributed by atoms with van der Waals surface area (Å²) in [5.74, 6) is 1.11. The molecule has 0 radical (unpaired) electrons. The minimum atomic E-state index is -0.624. The van der Waals surface area contributed by atoms with Crippen molar-refractivity contribution in [3.63, 3.8) is 0 Å². The third kappa shape index (κ3) is 5.00. The first-order valence-corrected chi connectivity index (χ1v) is 9.47. The zero-order chi connectivity index (χ0) is 20.1. The summed E-state index contributed by atoms with van der Waals surface area (Å²) in [6.07, 6.45) is 1.05. The molecular formula is C23H27N3O2. The maximum atomic E-state index is 12.6. The van der Waals surface area contributed by atoms with Crippen molar-refractivity contribution in [3.05, 3.63) is 78.0 Å². The van der Waals surface area contributed by atoms with Gasteiger partial charge < -0.3 is 10.1 Å². The van der Waals surface area contributed by atoms with Crippen LogP contribution < -0.4 is 10.1 Å². The number of aromatic nitrogens is 2. The lowest BCUT2D eigenvalue weighted by Gasteiger charge is -2.20. The van der Waals surface area contributed by atoms with Gasteiger partial charge in [0.2, 0.25) is 0 Å². The molecule has 0 bridgehead atoms. The highest BCUT2D eigenvalue weighted by molar-refractivity contribution is 5.93. The second kappa shape index (κ2) is 8.30. The molecule has 0 saturated heterocycles. The molecule has 0 aliphatic heterocycles. The molecule has 3 rings (SSSR count). The zero-order valence-corrected chi connectivity index (χ0v) is 16.8. The third-order valence-corrected chi connectivity index (χ3v) is 4.55. The Kier molecular flexibility index (Phi) is 5.83. The first-order valence-electron chi connectivity index (χ1n) is 9.47. The maximum Gasteiger partial charge on any atom is 0.266 e. The van der Waals surface area contributed by atoms with Crippen LogP contribution >= 0.6 is 0 Å². The number of carbonyl (C=O) groups is 1. The van der Waals surface area contributed by atoms with Crippen molar-refractivity contribution < 1.29 is 9.53 Å². The van der Waals surface area contributed by atoms with E-state index in [9.17, 15) is 4.79 Å². The fourth-order valence-electron chi connectivity index (χ4n) is 2.84. The minimum absolute atomic E-state index is 0.0820. The van der Waals surface area contributed by atoms with E-state index >= 15 is 0 Å². The molecule has 0 saturated carbocycles. The largest absolute Gasteiger partial charge is 0.481 e. The zero-order valence-electron chi connectivity index (χ0n) is 16.8. The molecule has 1 amide bonds. The molecule has 0 spiro atoms. The molecule has 3 aromatic rings. The van der Waals surface area contributed by atoms with Crippen LogP contribution in [0, 0.1) is 0 Å². The fourth-order valence-corrected chi connectivity index (χ4v) is 2.84. The lowest BCUT2D eigenvalue weighted by Crippen LogP contribution is -2.31. The highest BCUT2D eigenvalue weighted by Crippen LogP contribution is 2.24. The molecule has 2 aromatic carbocycles. The van der Waals surface area contributed by atoms with Crippen LogP contribution in [0.1, 0.15) is 38.8 Å².